The van der Waals surface area contributed by atoms with Crippen LogP contribution in [0, 0.1) is 13.8 Å². The smallest absolute Gasteiger partial charge is 0.358 e. The van der Waals surface area contributed by atoms with E-state index in [-0.39, 0.29) is 0 Å². The van der Waals surface area contributed by atoms with E-state index in [0.717, 1.165) is 11.3 Å². The molecule has 0 unspecified atom stereocenters. The molecule has 0 aliphatic carbocycles. The van der Waals surface area contributed by atoms with Crippen LogP contribution in [0.5, 0.6) is 0 Å². The lowest BCUT2D eigenvalue weighted by Gasteiger charge is -1.93. The second-order valence-electron chi connectivity index (χ2n) is 2.44. The van der Waals surface area contributed by atoms with Crippen LogP contribution in [0.4, 0.5) is 0 Å². The molecule has 1 heterocycles. The zero-order chi connectivity index (χ0) is 9.30. The molecule has 0 saturated heterocycles. The van der Waals surface area contributed by atoms with Crippen molar-refractivity contribution in [3.63, 3.8) is 0 Å². The van der Waals surface area contributed by atoms with Gasteiger partial charge in [0.15, 0.2) is 5.69 Å². The van der Waals surface area contributed by atoms with Crippen molar-refractivity contribution < 1.29 is 9.53 Å². The Morgan fingerprint density at radius 2 is 2.17 bits per heavy atom. The first-order valence-corrected chi connectivity index (χ1v) is 3.81. The number of esters is 1. The lowest BCUT2D eigenvalue weighted by atomic mass is 10.2. The SMILES string of the molecule is COC(=O)c1nn(S)c(C)c1C. The van der Waals surface area contributed by atoms with Crippen LogP contribution in [0.2, 0.25) is 0 Å². The van der Waals surface area contributed by atoms with Crippen LogP contribution in [0.25, 0.3) is 0 Å². The minimum atomic E-state index is -0.427. The standard InChI is InChI=1S/C7H10N2O2S/c1-4-5(2)9(12)8-6(4)7(10)11-3/h12H,1-3H3. The first-order chi connectivity index (χ1) is 5.57. The molecular formula is C7H10N2O2S. The molecule has 5 heteroatoms. The van der Waals surface area contributed by atoms with Crippen LogP contribution in [0.15, 0.2) is 0 Å². The van der Waals surface area contributed by atoms with E-state index in [1.54, 1.807) is 6.92 Å². The highest BCUT2D eigenvalue weighted by Crippen LogP contribution is 2.13. The molecule has 0 fully saturated rings. The highest BCUT2D eigenvalue weighted by molar-refractivity contribution is 7.78. The highest BCUT2D eigenvalue weighted by atomic mass is 32.1. The van der Waals surface area contributed by atoms with Crippen molar-refractivity contribution in [1.29, 1.82) is 0 Å². The maximum Gasteiger partial charge on any atom is 0.358 e. The zero-order valence-corrected chi connectivity index (χ0v) is 8.05. The fourth-order valence-corrected chi connectivity index (χ4v) is 1.10. The number of aromatic nitrogens is 2. The second-order valence-corrected chi connectivity index (χ2v) is 2.82. The summed E-state index contributed by atoms with van der Waals surface area (Å²) in [5.74, 6) is -0.427. The summed E-state index contributed by atoms with van der Waals surface area (Å²) in [6.07, 6.45) is 0. The molecule has 0 N–H and O–H groups in total. The molecule has 12 heavy (non-hydrogen) atoms. The van der Waals surface area contributed by atoms with Gasteiger partial charge in [-0.2, -0.15) is 5.10 Å². The Labute approximate surface area is 76.1 Å². The van der Waals surface area contributed by atoms with Gasteiger partial charge in [0, 0.05) is 5.56 Å². The van der Waals surface area contributed by atoms with E-state index in [2.05, 4.69) is 22.7 Å². The lowest BCUT2D eigenvalue weighted by molar-refractivity contribution is 0.0593. The quantitative estimate of drug-likeness (QED) is 0.525. The molecule has 1 aromatic rings. The van der Waals surface area contributed by atoms with Crippen molar-refractivity contribution in [2.75, 3.05) is 7.11 Å². The number of ether oxygens (including phenoxy) is 1. The van der Waals surface area contributed by atoms with Crippen LogP contribution in [-0.4, -0.2) is 22.3 Å². The third kappa shape index (κ3) is 1.32. The van der Waals surface area contributed by atoms with Gasteiger partial charge in [-0.15, -0.1) is 0 Å². The lowest BCUT2D eigenvalue weighted by Crippen LogP contribution is -2.03. The number of nitrogens with zero attached hydrogens (tertiary/aromatic N) is 2. The van der Waals surface area contributed by atoms with Crippen molar-refractivity contribution in [2.45, 2.75) is 13.8 Å². The average Bonchev–Trinajstić information content (AvgIpc) is 2.32. The van der Waals surface area contributed by atoms with Gasteiger partial charge in [0.2, 0.25) is 0 Å². The van der Waals surface area contributed by atoms with Crippen molar-refractivity contribution in [2.24, 2.45) is 0 Å². The zero-order valence-electron chi connectivity index (χ0n) is 7.16. The summed E-state index contributed by atoms with van der Waals surface area (Å²) in [5.41, 5.74) is 1.97. The van der Waals surface area contributed by atoms with Crippen molar-refractivity contribution >= 4 is 18.8 Å². The molecule has 1 rings (SSSR count). The van der Waals surface area contributed by atoms with Crippen LogP contribution in [0.3, 0.4) is 0 Å². The van der Waals surface area contributed by atoms with Crippen molar-refractivity contribution in [3.05, 3.63) is 17.0 Å². The monoisotopic (exact) mass is 186 g/mol. The highest BCUT2D eigenvalue weighted by Gasteiger charge is 2.16. The Balaban J connectivity index is 3.17. The van der Waals surface area contributed by atoms with Crippen LogP contribution in [-0.2, 0) is 4.74 Å². The first-order valence-electron chi connectivity index (χ1n) is 3.41. The molecule has 0 aliphatic heterocycles. The fourth-order valence-electron chi connectivity index (χ4n) is 0.857. The average molecular weight is 186 g/mol. The van der Waals surface area contributed by atoms with Gasteiger partial charge in [-0.1, -0.05) is 0 Å². The Morgan fingerprint density at radius 1 is 1.58 bits per heavy atom. The molecular weight excluding hydrogens is 176 g/mol. The van der Waals surface area contributed by atoms with E-state index in [9.17, 15) is 4.79 Å². The Kier molecular flexibility index (Phi) is 2.42. The molecule has 0 atom stereocenters. The predicted octanol–water partition coefficient (Wildman–Crippen LogP) is 0.979. The number of carbonyl (C=O) groups excluding carboxylic acids is 1. The summed E-state index contributed by atoms with van der Waals surface area (Å²) in [4.78, 5) is 11.1. The molecule has 0 aliphatic rings. The van der Waals surface area contributed by atoms with E-state index >= 15 is 0 Å². The van der Waals surface area contributed by atoms with E-state index in [1.165, 1.54) is 11.2 Å². The fraction of sp³-hybridized carbons (Fsp3) is 0.429. The summed E-state index contributed by atoms with van der Waals surface area (Å²) in [7, 11) is 1.33. The molecule has 0 bridgehead atoms. The largest absolute Gasteiger partial charge is 0.464 e. The summed E-state index contributed by atoms with van der Waals surface area (Å²) in [6.45, 7) is 3.64. The molecule has 0 spiro atoms. The minimum absolute atomic E-state index is 0.324. The maximum absolute atomic E-state index is 11.1. The van der Waals surface area contributed by atoms with E-state index in [4.69, 9.17) is 0 Å². The van der Waals surface area contributed by atoms with Crippen LogP contribution >= 0.6 is 12.8 Å². The first kappa shape index (κ1) is 9.12. The topological polar surface area (TPSA) is 44.1 Å². The van der Waals surface area contributed by atoms with Gasteiger partial charge in [0.1, 0.15) is 0 Å². The maximum atomic E-state index is 11.1. The van der Waals surface area contributed by atoms with Crippen molar-refractivity contribution in [3.8, 4) is 0 Å². The van der Waals surface area contributed by atoms with E-state index < -0.39 is 5.97 Å². The number of carbonyl (C=O) groups is 1. The van der Waals surface area contributed by atoms with E-state index in [1.807, 2.05) is 6.92 Å². The van der Waals surface area contributed by atoms with Gasteiger partial charge in [-0.3, -0.25) is 0 Å². The van der Waals surface area contributed by atoms with Gasteiger partial charge in [-0.05, 0) is 26.7 Å². The van der Waals surface area contributed by atoms with Gasteiger partial charge in [0.05, 0.1) is 12.8 Å². The third-order valence-corrected chi connectivity index (χ3v) is 2.16. The number of thiol groups is 1. The number of hydrogen-bond donors (Lipinski definition) is 1. The predicted molar refractivity (Wildman–Crippen MR) is 47.4 cm³/mol. The Bertz CT molecular complexity index is 319. The molecule has 4 nitrogen and oxygen atoms in total. The second kappa shape index (κ2) is 3.18. The van der Waals surface area contributed by atoms with Crippen LogP contribution in [0.1, 0.15) is 21.7 Å². The number of rotatable bonds is 1. The number of hydrogen-bond acceptors (Lipinski definition) is 4. The van der Waals surface area contributed by atoms with Crippen molar-refractivity contribution in [1.82, 2.24) is 9.19 Å². The molecule has 0 saturated carbocycles. The normalized spacial score (nSPS) is 10.0. The number of methoxy groups -OCH3 is 1. The molecule has 66 valence electrons. The van der Waals surface area contributed by atoms with Crippen LogP contribution < -0.4 is 0 Å². The summed E-state index contributed by atoms with van der Waals surface area (Å²) >= 11 is 4.02. The summed E-state index contributed by atoms with van der Waals surface area (Å²) in [6, 6.07) is 0. The van der Waals surface area contributed by atoms with E-state index in [0.29, 0.717) is 5.69 Å². The molecule has 0 amide bonds. The van der Waals surface area contributed by atoms with Gasteiger partial charge >= 0.3 is 5.97 Å². The Hall–Kier alpha value is -0.970. The summed E-state index contributed by atoms with van der Waals surface area (Å²) < 4.78 is 5.90. The summed E-state index contributed by atoms with van der Waals surface area (Å²) in [5, 5.41) is 3.89. The molecule has 1 aromatic heterocycles. The van der Waals surface area contributed by atoms with Gasteiger partial charge in [-0.25, -0.2) is 8.88 Å². The third-order valence-electron chi connectivity index (χ3n) is 1.77. The van der Waals surface area contributed by atoms with Gasteiger partial charge < -0.3 is 4.74 Å². The molecule has 0 aromatic carbocycles. The minimum Gasteiger partial charge on any atom is -0.464 e. The van der Waals surface area contributed by atoms with Gasteiger partial charge in [0.25, 0.3) is 0 Å². The molecule has 0 radical (unpaired) electrons. The Morgan fingerprint density at radius 3 is 2.50 bits per heavy atom.